The van der Waals surface area contributed by atoms with Gasteiger partial charge in [0.15, 0.2) is 5.82 Å². The van der Waals surface area contributed by atoms with Crippen LogP contribution < -0.4 is 15.8 Å². The summed E-state index contributed by atoms with van der Waals surface area (Å²) in [7, 11) is 1.59. The van der Waals surface area contributed by atoms with Gasteiger partial charge in [0.1, 0.15) is 18.4 Å². The Morgan fingerprint density at radius 2 is 1.97 bits per heavy atom. The Kier molecular flexibility index (Phi) is 5.39. The largest absolute Gasteiger partial charge is 0.497 e. The van der Waals surface area contributed by atoms with Crippen LogP contribution >= 0.6 is 15.9 Å². The molecule has 8 nitrogen and oxygen atoms in total. The van der Waals surface area contributed by atoms with Crippen LogP contribution in [-0.2, 0) is 17.9 Å². The quantitative estimate of drug-likeness (QED) is 0.628. The fourth-order valence-corrected chi connectivity index (χ4v) is 3.63. The average Bonchev–Trinajstić information content (AvgIpc) is 3.27. The van der Waals surface area contributed by atoms with Crippen molar-refractivity contribution in [1.29, 1.82) is 0 Å². The van der Waals surface area contributed by atoms with Gasteiger partial charge in [0, 0.05) is 16.9 Å². The van der Waals surface area contributed by atoms with E-state index in [9.17, 15) is 9.59 Å². The maximum absolute atomic E-state index is 12.4. The summed E-state index contributed by atoms with van der Waals surface area (Å²) >= 11 is 3.41. The first-order valence-corrected chi connectivity index (χ1v) is 9.72. The number of methoxy groups -OCH3 is 1. The van der Waals surface area contributed by atoms with Gasteiger partial charge in [-0.25, -0.2) is 9.59 Å². The molecule has 0 aliphatic carbocycles. The van der Waals surface area contributed by atoms with Crippen LogP contribution in [0.4, 0.5) is 4.79 Å². The highest BCUT2D eigenvalue weighted by molar-refractivity contribution is 9.10. The van der Waals surface area contributed by atoms with Crippen LogP contribution in [0.5, 0.6) is 5.75 Å². The van der Waals surface area contributed by atoms with Gasteiger partial charge in [0.05, 0.1) is 7.11 Å². The van der Waals surface area contributed by atoms with Crippen LogP contribution in [0.3, 0.4) is 0 Å². The third-order valence-corrected chi connectivity index (χ3v) is 5.40. The van der Waals surface area contributed by atoms with E-state index in [1.807, 2.05) is 36.4 Å². The van der Waals surface area contributed by atoms with E-state index >= 15 is 0 Å². The summed E-state index contributed by atoms with van der Waals surface area (Å²) in [5.74, 6) is 0.399. The monoisotopic (exact) mass is 459 g/mol. The maximum atomic E-state index is 12.4. The maximum Gasteiger partial charge on any atom is 0.441 e. The second-order valence-electron chi connectivity index (χ2n) is 6.62. The lowest BCUT2D eigenvalue weighted by molar-refractivity contribution is 0.134. The number of benzene rings is 2. The molecular weight excluding hydrogens is 442 g/mol. The summed E-state index contributed by atoms with van der Waals surface area (Å²) in [6.45, 7) is 0.472. The van der Waals surface area contributed by atoms with Crippen molar-refractivity contribution in [1.82, 2.24) is 15.0 Å². The van der Waals surface area contributed by atoms with E-state index in [0.717, 1.165) is 21.3 Å². The Morgan fingerprint density at radius 3 is 2.66 bits per heavy atom. The Bertz CT molecular complexity index is 1060. The minimum absolute atomic E-state index is 0.108. The van der Waals surface area contributed by atoms with Gasteiger partial charge in [0.25, 0.3) is 0 Å². The molecule has 4 rings (SSSR count). The molecule has 2 aromatic carbocycles. The number of amides is 1. The van der Waals surface area contributed by atoms with Crippen LogP contribution in [0, 0.1) is 0 Å². The van der Waals surface area contributed by atoms with E-state index in [-0.39, 0.29) is 12.5 Å². The van der Waals surface area contributed by atoms with Crippen LogP contribution in [0.2, 0.25) is 0 Å². The van der Waals surface area contributed by atoms with Crippen molar-refractivity contribution in [3.8, 4) is 5.75 Å². The molecule has 1 aromatic heterocycles. The second-order valence-corrected chi connectivity index (χ2v) is 7.54. The number of hydrogen-bond acceptors (Lipinski definition) is 6. The third kappa shape index (κ3) is 4.04. The Labute approximate surface area is 174 Å². The number of rotatable bonds is 5. The zero-order chi connectivity index (χ0) is 20.4. The van der Waals surface area contributed by atoms with Gasteiger partial charge in [-0.1, -0.05) is 45.4 Å². The summed E-state index contributed by atoms with van der Waals surface area (Å²) in [6, 6.07) is 14.4. The first-order valence-electron chi connectivity index (χ1n) is 8.93. The van der Waals surface area contributed by atoms with Crippen molar-refractivity contribution in [3.63, 3.8) is 0 Å². The molecule has 1 N–H and O–H groups in total. The number of nitrogens with zero attached hydrogens (tertiary/aromatic N) is 2. The van der Waals surface area contributed by atoms with Crippen LogP contribution in [0.1, 0.15) is 28.9 Å². The Hall–Kier alpha value is -3.07. The molecule has 29 heavy (non-hydrogen) atoms. The fourth-order valence-electron chi connectivity index (χ4n) is 3.36. The summed E-state index contributed by atoms with van der Waals surface area (Å²) < 4.78 is 17.6. The van der Waals surface area contributed by atoms with Gasteiger partial charge in [0.2, 0.25) is 0 Å². The number of nitrogens with one attached hydrogen (secondary N) is 1. The lowest BCUT2D eigenvalue weighted by atomic mass is 9.93. The molecule has 150 valence electrons. The van der Waals surface area contributed by atoms with Gasteiger partial charge in [-0.15, -0.1) is 0 Å². The number of halogens is 1. The van der Waals surface area contributed by atoms with Crippen molar-refractivity contribution in [3.05, 3.63) is 80.5 Å². The molecule has 2 atom stereocenters. The molecule has 0 saturated heterocycles. The van der Waals surface area contributed by atoms with Crippen LogP contribution in [-0.4, -0.2) is 22.9 Å². The molecule has 2 heterocycles. The van der Waals surface area contributed by atoms with E-state index in [0.29, 0.717) is 12.4 Å². The predicted molar refractivity (Wildman–Crippen MR) is 107 cm³/mol. The first kappa shape index (κ1) is 19.3. The molecule has 1 amide bonds. The molecule has 3 aromatic rings. The van der Waals surface area contributed by atoms with E-state index in [4.69, 9.17) is 14.0 Å². The normalized spacial score (nSPS) is 17.6. The summed E-state index contributed by atoms with van der Waals surface area (Å²) in [5.41, 5.74) is 1.80. The number of carbonyl (C=O) groups excluding carboxylic acids is 1. The smallest absolute Gasteiger partial charge is 0.441 e. The highest BCUT2D eigenvalue weighted by atomic mass is 79.9. The van der Waals surface area contributed by atoms with Crippen molar-refractivity contribution < 1.29 is 18.8 Å². The lowest BCUT2D eigenvalue weighted by Crippen LogP contribution is -2.31. The molecule has 0 radical (unpaired) electrons. The Morgan fingerprint density at radius 1 is 1.24 bits per heavy atom. The standard InChI is InChI=1S/C20H18BrN3O5/c1-27-15-8-2-12(3-9-15)11-28-19(25)22-17-16(13-4-6-14(21)7-5-13)10-24-18(17)23-29-20(24)26/h2-9,16-17H,10-11H2,1H3,(H,22,25)/t16-,17-/m0/s1. The molecule has 0 bridgehead atoms. The first-order chi connectivity index (χ1) is 14.0. The highest BCUT2D eigenvalue weighted by Crippen LogP contribution is 2.37. The number of alkyl carbamates (subject to hydrolysis) is 1. The van der Waals surface area contributed by atoms with E-state index in [2.05, 4.69) is 26.4 Å². The van der Waals surface area contributed by atoms with E-state index in [1.54, 1.807) is 19.2 Å². The third-order valence-electron chi connectivity index (χ3n) is 4.87. The van der Waals surface area contributed by atoms with Gasteiger partial charge < -0.3 is 14.8 Å². The molecule has 0 saturated carbocycles. The average molecular weight is 460 g/mol. The zero-order valence-corrected chi connectivity index (χ0v) is 17.1. The highest BCUT2D eigenvalue weighted by Gasteiger charge is 2.39. The summed E-state index contributed by atoms with van der Waals surface area (Å²) in [6.07, 6.45) is -0.600. The molecule has 0 unspecified atom stereocenters. The number of fused-ring (bicyclic) bond motifs is 1. The molecule has 0 spiro atoms. The van der Waals surface area contributed by atoms with E-state index in [1.165, 1.54) is 4.57 Å². The summed E-state index contributed by atoms with van der Waals surface area (Å²) in [4.78, 5) is 24.3. The topological polar surface area (TPSA) is 95.6 Å². The van der Waals surface area contributed by atoms with Crippen molar-refractivity contribution in [2.75, 3.05) is 7.11 Å². The summed E-state index contributed by atoms with van der Waals surface area (Å²) in [5, 5.41) is 6.67. The predicted octanol–water partition coefficient (Wildman–Crippen LogP) is 3.37. The van der Waals surface area contributed by atoms with Gasteiger partial charge >= 0.3 is 11.8 Å². The fraction of sp³-hybridized carbons (Fsp3) is 0.250. The van der Waals surface area contributed by atoms with Crippen molar-refractivity contribution in [2.45, 2.75) is 25.1 Å². The number of carbonyl (C=O) groups is 1. The SMILES string of the molecule is COc1ccc(COC(=O)N[C@@H]2c3noc(=O)n3C[C@H]2c2ccc(Br)cc2)cc1. The molecule has 9 heteroatoms. The molecule has 1 aliphatic heterocycles. The van der Waals surface area contributed by atoms with Crippen LogP contribution in [0.25, 0.3) is 0 Å². The molecule has 1 aliphatic rings. The van der Waals surface area contributed by atoms with E-state index < -0.39 is 17.9 Å². The minimum atomic E-state index is -0.600. The number of ether oxygens (including phenoxy) is 2. The Balaban J connectivity index is 1.48. The van der Waals surface area contributed by atoms with Gasteiger partial charge in [-0.3, -0.25) is 9.09 Å². The minimum Gasteiger partial charge on any atom is -0.497 e. The molecule has 0 fully saturated rings. The lowest BCUT2D eigenvalue weighted by Gasteiger charge is -2.20. The number of aromatic nitrogens is 2. The number of hydrogen-bond donors (Lipinski definition) is 1. The molecular formula is C20H18BrN3O5. The second kappa shape index (κ2) is 8.12. The van der Waals surface area contributed by atoms with Gasteiger partial charge in [-0.2, -0.15) is 0 Å². The van der Waals surface area contributed by atoms with Crippen molar-refractivity contribution in [2.24, 2.45) is 0 Å². The van der Waals surface area contributed by atoms with Crippen molar-refractivity contribution >= 4 is 22.0 Å². The zero-order valence-electron chi connectivity index (χ0n) is 15.5. The van der Waals surface area contributed by atoms with Gasteiger partial charge in [-0.05, 0) is 35.4 Å². The van der Waals surface area contributed by atoms with Crippen LogP contribution in [0.15, 0.2) is 62.3 Å².